The number of halogens is 2. The molecule has 2 aromatic carbocycles. The molecule has 0 aliphatic heterocycles. The predicted molar refractivity (Wildman–Crippen MR) is 121 cm³/mol. The average molecular weight is 451 g/mol. The van der Waals surface area contributed by atoms with Crippen molar-refractivity contribution >= 4 is 35.0 Å². The highest BCUT2D eigenvalue weighted by Gasteiger charge is 2.29. The summed E-state index contributed by atoms with van der Waals surface area (Å²) in [5.41, 5.74) is 1.65. The van der Waals surface area contributed by atoms with Crippen LogP contribution in [0.4, 0.5) is 0 Å². The Morgan fingerprint density at radius 1 is 1.13 bits per heavy atom. The number of ether oxygens (including phenoxy) is 1. The maximum atomic E-state index is 13.1. The Labute approximate surface area is 188 Å². The van der Waals surface area contributed by atoms with Crippen molar-refractivity contribution in [3.63, 3.8) is 0 Å². The summed E-state index contributed by atoms with van der Waals surface area (Å²) in [5.74, 6) is 0.162. The summed E-state index contributed by atoms with van der Waals surface area (Å²) in [4.78, 5) is 27.4. The zero-order chi connectivity index (χ0) is 22.1. The van der Waals surface area contributed by atoms with Crippen molar-refractivity contribution < 1.29 is 14.3 Å². The summed E-state index contributed by atoms with van der Waals surface area (Å²) in [7, 11) is 0. The molecular formula is C23H28Cl2N2O3. The summed E-state index contributed by atoms with van der Waals surface area (Å²) in [6.45, 7) is 6.34. The van der Waals surface area contributed by atoms with Crippen molar-refractivity contribution in [3.8, 4) is 5.75 Å². The fraction of sp³-hybridized carbons (Fsp3) is 0.391. The van der Waals surface area contributed by atoms with Crippen molar-refractivity contribution in [3.05, 3.63) is 63.6 Å². The van der Waals surface area contributed by atoms with Crippen LogP contribution in [-0.4, -0.2) is 35.9 Å². The molecule has 0 unspecified atom stereocenters. The van der Waals surface area contributed by atoms with Gasteiger partial charge in [0.15, 0.2) is 6.61 Å². The minimum atomic E-state index is -0.628. The van der Waals surface area contributed by atoms with Gasteiger partial charge in [0.1, 0.15) is 11.8 Å². The molecule has 0 aromatic heterocycles. The van der Waals surface area contributed by atoms with Crippen LogP contribution in [0.25, 0.3) is 0 Å². The van der Waals surface area contributed by atoms with Gasteiger partial charge in [-0.2, -0.15) is 0 Å². The van der Waals surface area contributed by atoms with Crippen molar-refractivity contribution in [2.75, 3.05) is 13.2 Å². The Morgan fingerprint density at radius 3 is 2.50 bits per heavy atom. The van der Waals surface area contributed by atoms with Gasteiger partial charge in [-0.25, -0.2) is 0 Å². The van der Waals surface area contributed by atoms with Gasteiger partial charge in [-0.3, -0.25) is 9.59 Å². The zero-order valence-electron chi connectivity index (χ0n) is 17.6. The van der Waals surface area contributed by atoms with Gasteiger partial charge in [-0.1, -0.05) is 61.3 Å². The highest BCUT2D eigenvalue weighted by molar-refractivity contribution is 6.35. The number of para-hydroxylation sites is 1. The van der Waals surface area contributed by atoms with Crippen molar-refractivity contribution in [1.29, 1.82) is 0 Å². The SMILES string of the molecule is CCCNC(=O)[C@@H](CC)N(Cc1ccc(Cl)cc1Cl)C(=O)COc1ccccc1C. The Hall–Kier alpha value is -2.24. The molecule has 1 N–H and O–H groups in total. The first kappa shape index (κ1) is 24.0. The van der Waals surface area contributed by atoms with E-state index in [1.807, 2.05) is 45.0 Å². The molecule has 30 heavy (non-hydrogen) atoms. The summed E-state index contributed by atoms with van der Waals surface area (Å²) < 4.78 is 5.75. The molecule has 0 aliphatic carbocycles. The van der Waals surface area contributed by atoms with Crippen LogP contribution in [0.15, 0.2) is 42.5 Å². The summed E-state index contributed by atoms with van der Waals surface area (Å²) in [6, 6.07) is 12.0. The van der Waals surface area contributed by atoms with E-state index < -0.39 is 6.04 Å². The molecule has 0 spiro atoms. The molecule has 1 atom stereocenters. The lowest BCUT2D eigenvalue weighted by Gasteiger charge is -2.31. The highest BCUT2D eigenvalue weighted by Crippen LogP contribution is 2.24. The quantitative estimate of drug-likeness (QED) is 0.552. The maximum Gasteiger partial charge on any atom is 0.261 e. The first-order chi connectivity index (χ1) is 14.4. The second-order valence-electron chi connectivity index (χ2n) is 7.03. The van der Waals surface area contributed by atoms with E-state index in [-0.39, 0.29) is 25.0 Å². The van der Waals surface area contributed by atoms with Crippen LogP contribution in [0.2, 0.25) is 10.0 Å². The number of nitrogens with zero attached hydrogens (tertiary/aromatic N) is 1. The molecule has 7 heteroatoms. The second-order valence-corrected chi connectivity index (χ2v) is 7.87. The number of benzene rings is 2. The molecule has 0 fully saturated rings. The Kier molecular flexibility index (Phi) is 9.47. The largest absolute Gasteiger partial charge is 0.484 e. The molecule has 0 saturated heterocycles. The summed E-state index contributed by atoms with van der Waals surface area (Å²) in [5, 5.41) is 3.84. The van der Waals surface area contributed by atoms with Crippen LogP contribution in [0.1, 0.15) is 37.8 Å². The topological polar surface area (TPSA) is 58.6 Å². The molecule has 2 amide bonds. The number of hydrogen-bond acceptors (Lipinski definition) is 3. The first-order valence-corrected chi connectivity index (χ1v) is 10.8. The number of aryl methyl sites for hydroxylation is 1. The third-order valence-corrected chi connectivity index (χ3v) is 5.32. The lowest BCUT2D eigenvalue weighted by Crippen LogP contribution is -2.50. The fourth-order valence-electron chi connectivity index (χ4n) is 3.06. The number of rotatable bonds is 10. The summed E-state index contributed by atoms with van der Waals surface area (Å²) in [6.07, 6.45) is 1.28. The lowest BCUT2D eigenvalue weighted by atomic mass is 10.1. The van der Waals surface area contributed by atoms with E-state index in [0.717, 1.165) is 12.0 Å². The van der Waals surface area contributed by atoms with E-state index >= 15 is 0 Å². The monoisotopic (exact) mass is 450 g/mol. The average Bonchev–Trinajstić information content (AvgIpc) is 2.72. The van der Waals surface area contributed by atoms with Gasteiger partial charge in [0.2, 0.25) is 5.91 Å². The minimum absolute atomic E-state index is 0.173. The Morgan fingerprint density at radius 2 is 1.87 bits per heavy atom. The lowest BCUT2D eigenvalue weighted by molar-refractivity contribution is -0.143. The van der Waals surface area contributed by atoms with E-state index in [9.17, 15) is 9.59 Å². The van der Waals surface area contributed by atoms with E-state index in [1.165, 1.54) is 4.90 Å². The van der Waals surface area contributed by atoms with Crippen LogP contribution in [0.3, 0.4) is 0 Å². The first-order valence-electron chi connectivity index (χ1n) is 10.1. The molecule has 5 nitrogen and oxygen atoms in total. The van der Waals surface area contributed by atoms with E-state index in [4.69, 9.17) is 27.9 Å². The van der Waals surface area contributed by atoms with E-state index in [2.05, 4.69) is 5.32 Å². The van der Waals surface area contributed by atoms with Crippen molar-refractivity contribution in [2.45, 2.75) is 46.2 Å². The zero-order valence-corrected chi connectivity index (χ0v) is 19.1. The molecule has 0 radical (unpaired) electrons. The van der Waals surface area contributed by atoms with Gasteiger partial charge < -0.3 is 15.0 Å². The van der Waals surface area contributed by atoms with E-state index in [1.54, 1.807) is 18.2 Å². The number of carbonyl (C=O) groups is 2. The van der Waals surface area contributed by atoms with Crippen LogP contribution >= 0.6 is 23.2 Å². The summed E-state index contributed by atoms with van der Waals surface area (Å²) >= 11 is 12.3. The van der Waals surface area contributed by atoms with Gasteiger partial charge in [-0.05, 0) is 49.1 Å². The molecule has 0 bridgehead atoms. The van der Waals surface area contributed by atoms with E-state index in [0.29, 0.717) is 34.3 Å². The molecule has 2 rings (SSSR count). The molecular weight excluding hydrogens is 423 g/mol. The number of nitrogens with one attached hydrogen (secondary N) is 1. The van der Waals surface area contributed by atoms with Gasteiger partial charge in [-0.15, -0.1) is 0 Å². The Bertz CT molecular complexity index is 873. The van der Waals surface area contributed by atoms with Gasteiger partial charge >= 0.3 is 0 Å². The third-order valence-electron chi connectivity index (χ3n) is 4.74. The predicted octanol–water partition coefficient (Wildman–Crippen LogP) is 5.01. The van der Waals surface area contributed by atoms with Gasteiger partial charge in [0.05, 0.1) is 0 Å². The molecule has 0 aliphatic rings. The fourth-order valence-corrected chi connectivity index (χ4v) is 3.53. The molecule has 0 saturated carbocycles. The molecule has 0 heterocycles. The Balaban J connectivity index is 2.25. The van der Waals surface area contributed by atoms with Crippen LogP contribution in [0, 0.1) is 6.92 Å². The number of amides is 2. The third kappa shape index (κ3) is 6.64. The minimum Gasteiger partial charge on any atom is -0.484 e. The van der Waals surface area contributed by atoms with Crippen LogP contribution in [-0.2, 0) is 16.1 Å². The van der Waals surface area contributed by atoms with Crippen LogP contribution < -0.4 is 10.1 Å². The number of carbonyl (C=O) groups excluding carboxylic acids is 2. The second kappa shape index (κ2) is 11.8. The van der Waals surface area contributed by atoms with Crippen LogP contribution in [0.5, 0.6) is 5.75 Å². The normalized spacial score (nSPS) is 11.6. The molecule has 2 aromatic rings. The number of hydrogen-bond donors (Lipinski definition) is 1. The smallest absolute Gasteiger partial charge is 0.261 e. The highest BCUT2D eigenvalue weighted by atomic mass is 35.5. The maximum absolute atomic E-state index is 13.1. The molecule has 162 valence electrons. The van der Waals surface area contributed by atoms with Gasteiger partial charge in [0, 0.05) is 23.1 Å². The van der Waals surface area contributed by atoms with Crippen molar-refractivity contribution in [2.24, 2.45) is 0 Å². The standard InChI is InChI=1S/C23H28Cl2N2O3/c1-4-12-26-23(29)20(5-2)27(14-17-10-11-18(24)13-19(17)25)22(28)15-30-21-9-7-6-8-16(21)3/h6-11,13,20H,4-5,12,14-15H2,1-3H3,(H,26,29)/t20-/m1/s1. The van der Waals surface area contributed by atoms with Gasteiger partial charge in [0.25, 0.3) is 5.91 Å². The van der Waals surface area contributed by atoms with Crippen molar-refractivity contribution in [1.82, 2.24) is 10.2 Å².